The third-order valence-corrected chi connectivity index (χ3v) is 6.48. The smallest absolute Gasteiger partial charge is 0.305 e. The van der Waals surface area contributed by atoms with Crippen LogP contribution in [0.4, 0.5) is 0 Å². The maximum absolute atomic E-state index is 13.5. The van der Waals surface area contributed by atoms with Crippen molar-refractivity contribution in [1.29, 1.82) is 0 Å². The van der Waals surface area contributed by atoms with Gasteiger partial charge in [-0.15, -0.1) is 0 Å². The lowest BCUT2D eigenvalue weighted by Gasteiger charge is -2.43. The van der Waals surface area contributed by atoms with E-state index in [1.807, 2.05) is 24.3 Å². The van der Waals surface area contributed by atoms with Crippen molar-refractivity contribution >= 4 is 46.8 Å². The number of rotatable bonds is 8. The molecule has 3 unspecified atom stereocenters. The van der Waals surface area contributed by atoms with Crippen LogP contribution in [0.25, 0.3) is 10.9 Å². The zero-order chi connectivity index (χ0) is 26.5. The van der Waals surface area contributed by atoms with E-state index in [9.17, 15) is 28.8 Å². The van der Waals surface area contributed by atoms with Crippen LogP contribution in [0, 0.1) is 0 Å². The number of aldehydes is 1. The summed E-state index contributed by atoms with van der Waals surface area (Å²) in [7, 11) is 0. The van der Waals surface area contributed by atoms with Crippen LogP contribution in [0.3, 0.4) is 0 Å². The van der Waals surface area contributed by atoms with E-state index in [1.165, 1.54) is 5.01 Å². The summed E-state index contributed by atoms with van der Waals surface area (Å²) in [6.07, 6.45) is 2.01. The summed E-state index contributed by atoms with van der Waals surface area (Å²) < 4.78 is 0. The van der Waals surface area contributed by atoms with Gasteiger partial charge in [-0.3, -0.25) is 34.0 Å². The first kappa shape index (κ1) is 25.7. The van der Waals surface area contributed by atoms with Crippen LogP contribution in [-0.4, -0.2) is 80.7 Å². The normalized spacial score (nSPS) is 20.5. The van der Waals surface area contributed by atoms with Crippen LogP contribution in [-0.2, 0) is 35.2 Å². The summed E-state index contributed by atoms with van der Waals surface area (Å²) in [6, 6.07) is 5.67. The maximum atomic E-state index is 13.5. The van der Waals surface area contributed by atoms with Crippen molar-refractivity contribution in [3.8, 4) is 0 Å². The molecule has 0 spiro atoms. The van der Waals surface area contributed by atoms with Crippen molar-refractivity contribution in [1.82, 2.24) is 25.6 Å². The number of hydrogen-bond acceptors (Lipinski definition) is 7. The van der Waals surface area contributed by atoms with Crippen LogP contribution >= 0.6 is 0 Å². The molecule has 2 aliphatic heterocycles. The number of carboxylic acids is 1. The van der Waals surface area contributed by atoms with Crippen LogP contribution in [0.15, 0.2) is 36.5 Å². The van der Waals surface area contributed by atoms with Crippen molar-refractivity contribution in [2.45, 2.75) is 56.7 Å². The minimum Gasteiger partial charge on any atom is -0.481 e. The minimum absolute atomic E-state index is 0.00428. The first-order chi connectivity index (χ1) is 17.8. The molecule has 12 nitrogen and oxygen atoms in total. The van der Waals surface area contributed by atoms with Gasteiger partial charge in [0.25, 0.3) is 5.91 Å². The molecular formula is C25H27N5O7. The Morgan fingerprint density at radius 3 is 2.70 bits per heavy atom. The van der Waals surface area contributed by atoms with Gasteiger partial charge in [0.15, 0.2) is 0 Å². The molecule has 12 heteroatoms. The van der Waals surface area contributed by atoms with Gasteiger partial charge in [0, 0.05) is 24.5 Å². The Bertz CT molecular complexity index is 1240. The number of carboxylic acid groups (broad SMARTS) is 1. The van der Waals surface area contributed by atoms with E-state index < -0.39 is 48.2 Å². The average molecular weight is 510 g/mol. The monoisotopic (exact) mass is 509 g/mol. The number of nitrogens with zero attached hydrogens (tertiary/aromatic N) is 3. The van der Waals surface area contributed by atoms with Crippen LogP contribution in [0.1, 0.15) is 37.7 Å². The third-order valence-electron chi connectivity index (χ3n) is 6.48. The topological polar surface area (TPSA) is 166 Å². The molecule has 2 fully saturated rings. The van der Waals surface area contributed by atoms with Crippen molar-refractivity contribution in [2.24, 2.45) is 0 Å². The van der Waals surface area contributed by atoms with Crippen molar-refractivity contribution in [3.05, 3.63) is 42.1 Å². The second-order valence-corrected chi connectivity index (χ2v) is 9.03. The number of hydrogen-bond donors (Lipinski definition) is 3. The number of para-hydroxylation sites is 1. The molecule has 0 aliphatic carbocycles. The molecule has 37 heavy (non-hydrogen) atoms. The Hall–Kier alpha value is -4.35. The highest BCUT2D eigenvalue weighted by Crippen LogP contribution is 2.25. The first-order valence-corrected chi connectivity index (χ1v) is 12.0. The number of pyridine rings is 1. The molecule has 0 radical (unpaired) electrons. The molecular weight excluding hydrogens is 482 g/mol. The lowest BCUT2D eigenvalue weighted by molar-refractivity contribution is -0.176. The zero-order valence-electron chi connectivity index (χ0n) is 20.0. The van der Waals surface area contributed by atoms with E-state index >= 15 is 0 Å². The number of hydrazine groups is 1. The van der Waals surface area contributed by atoms with Crippen LogP contribution < -0.4 is 10.6 Å². The third kappa shape index (κ3) is 5.74. The molecule has 2 aliphatic rings. The van der Waals surface area contributed by atoms with E-state index in [1.54, 1.807) is 12.3 Å². The van der Waals surface area contributed by atoms with Gasteiger partial charge >= 0.3 is 5.97 Å². The minimum atomic E-state index is -1.27. The second-order valence-electron chi connectivity index (χ2n) is 9.03. The van der Waals surface area contributed by atoms with Gasteiger partial charge in [-0.25, -0.2) is 5.01 Å². The lowest BCUT2D eigenvalue weighted by atomic mass is 10.0. The Labute approximate surface area is 212 Å². The number of nitrogens with one attached hydrogen (secondary N) is 2. The van der Waals surface area contributed by atoms with E-state index in [-0.39, 0.29) is 38.1 Å². The number of aromatic nitrogens is 1. The summed E-state index contributed by atoms with van der Waals surface area (Å²) in [4.78, 5) is 78.8. The molecule has 2 aromatic rings. The first-order valence-electron chi connectivity index (χ1n) is 12.0. The predicted molar refractivity (Wildman–Crippen MR) is 128 cm³/mol. The van der Waals surface area contributed by atoms with Crippen LogP contribution in [0.5, 0.6) is 0 Å². The fraction of sp³-hybridized carbons (Fsp3) is 0.400. The molecule has 194 valence electrons. The van der Waals surface area contributed by atoms with Crippen molar-refractivity contribution in [3.63, 3.8) is 0 Å². The number of aliphatic carboxylic acids is 1. The molecule has 1 aromatic heterocycles. The van der Waals surface area contributed by atoms with Gasteiger partial charge < -0.3 is 20.5 Å². The second kappa shape index (κ2) is 11.1. The standard InChI is InChI=1S/C25H27N5O7/c31-14-16(13-23(34)35)27-24(36)20-6-3-11-29-22(33)8-7-19(25(37)30(20)29)28-21(32)12-15-9-10-26-18-5-2-1-4-17(15)18/h1-2,4-5,9-10,14,16,19-20H,3,6-8,11-13H2,(H,27,36)(H,28,32)(H,34,35). The Kier molecular flexibility index (Phi) is 7.75. The van der Waals surface area contributed by atoms with Gasteiger partial charge in [0.1, 0.15) is 18.4 Å². The summed E-state index contributed by atoms with van der Waals surface area (Å²) in [5, 5.41) is 17.1. The highest BCUT2D eigenvalue weighted by atomic mass is 16.4. The van der Waals surface area contributed by atoms with E-state index in [2.05, 4.69) is 15.6 Å². The predicted octanol–water partition coefficient (Wildman–Crippen LogP) is -0.0511. The number of benzene rings is 1. The zero-order valence-corrected chi connectivity index (χ0v) is 20.0. The van der Waals surface area contributed by atoms with E-state index in [0.29, 0.717) is 12.7 Å². The quantitative estimate of drug-likeness (QED) is 0.417. The van der Waals surface area contributed by atoms with Crippen molar-refractivity contribution < 1.29 is 33.9 Å². The van der Waals surface area contributed by atoms with Crippen LogP contribution in [0.2, 0.25) is 0 Å². The number of carbonyl (C=O) groups excluding carboxylic acids is 5. The number of carbonyl (C=O) groups is 6. The molecule has 4 amide bonds. The summed E-state index contributed by atoms with van der Waals surface area (Å²) in [5.74, 6) is -3.40. The van der Waals surface area contributed by atoms with Gasteiger partial charge in [-0.2, -0.15) is 0 Å². The van der Waals surface area contributed by atoms with Crippen molar-refractivity contribution in [2.75, 3.05) is 6.54 Å². The summed E-state index contributed by atoms with van der Waals surface area (Å²) >= 11 is 0. The number of fused-ring (bicyclic) bond motifs is 2. The Balaban J connectivity index is 1.51. The fourth-order valence-electron chi connectivity index (χ4n) is 4.73. The molecule has 1 aromatic carbocycles. The lowest BCUT2D eigenvalue weighted by Crippen LogP contribution is -2.64. The molecule has 0 bridgehead atoms. The molecule has 2 saturated heterocycles. The van der Waals surface area contributed by atoms with Gasteiger partial charge in [-0.05, 0) is 37.0 Å². The summed E-state index contributed by atoms with van der Waals surface area (Å²) in [5.41, 5.74) is 1.47. The molecule has 0 saturated carbocycles. The highest BCUT2D eigenvalue weighted by molar-refractivity contribution is 5.96. The average Bonchev–Trinajstić information content (AvgIpc) is 3.00. The largest absolute Gasteiger partial charge is 0.481 e. The van der Waals surface area contributed by atoms with E-state index in [4.69, 9.17) is 5.11 Å². The maximum Gasteiger partial charge on any atom is 0.305 e. The summed E-state index contributed by atoms with van der Waals surface area (Å²) in [6.45, 7) is 0.226. The molecule has 3 N–H and O–H groups in total. The Morgan fingerprint density at radius 2 is 1.95 bits per heavy atom. The van der Waals surface area contributed by atoms with Gasteiger partial charge in [0.2, 0.25) is 17.7 Å². The fourth-order valence-corrected chi connectivity index (χ4v) is 4.73. The Morgan fingerprint density at radius 1 is 1.16 bits per heavy atom. The van der Waals surface area contributed by atoms with Gasteiger partial charge in [-0.1, -0.05) is 18.2 Å². The van der Waals surface area contributed by atoms with E-state index in [0.717, 1.165) is 21.5 Å². The molecule has 3 atom stereocenters. The van der Waals surface area contributed by atoms with Gasteiger partial charge in [0.05, 0.1) is 24.4 Å². The number of amides is 4. The molecule has 3 heterocycles. The molecule has 4 rings (SSSR count). The highest BCUT2D eigenvalue weighted by Gasteiger charge is 2.44. The SMILES string of the molecule is O=CC(CC(=O)O)NC(=O)C1CCCN2C(=O)CCC(NC(=O)Cc3ccnc4ccccc34)C(=O)N12.